The Kier molecular flexibility index (Phi) is 11.9. The van der Waals surface area contributed by atoms with Crippen LogP contribution in [0.25, 0.3) is 11.0 Å². The maximum Gasteiger partial charge on any atom is 0.297 e. The number of Topliss-reactive ketones (excluding diaryl/α,β-unsaturated/α-hetero) is 1. The van der Waals surface area contributed by atoms with Gasteiger partial charge in [-0.3, -0.25) is 33.7 Å². The number of benzene rings is 2. The van der Waals surface area contributed by atoms with E-state index in [-0.39, 0.29) is 48.6 Å². The van der Waals surface area contributed by atoms with Crippen LogP contribution in [0, 0.1) is 0 Å². The topological polar surface area (TPSA) is 122 Å². The first-order valence-corrected chi connectivity index (χ1v) is 16.4. The van der Waals surface area contributed by atoms with E-state index in [0.29, 0.717) is 72.8 Å². The van der Waals surface area contributed by atoms with Crippen LogP contribution in [0.3, 0.4) is 0 Å². The van der Waals surface area contributed by atoms with E-state index in [0.717, 1.165) is 11.2 Å². The Bertz CT molecular complexity index is 1760. The van der Waals surface area contributed by atoms with Crippen LogP contribution in [0.5, 0.6) is 11.8 Å². The summed E-state index contributed by atoms with van der Waals surface area (Å²) in [7, 11) is 4.81. The van der Waals surface area contributed by atoms with E-state index in [2.05, 4.69) is 25.1 Å². The number of rotatable bonds is 14. The number of nitrogens with zero attached hydrogens (tertiary/aromatic N) is 6. The number of nitrogens with one attached hydrogen (secondary N) is 1. The lowest BCUT2D eigenvalue weighted by atomic mass is 10.1. The quantitative estimate of drug-likeness (QED) is 0.208. The third-order valence-electron chi connectivity index (χ3n) is 8.34. The molecule has 0 atom stereocenters. The van der Waals surface area contributed by atoms with Gasteiger partial charge >= 0.3 is 0 Å². The molecule has 14 heteroatoms. The molecule has 0 saturated carbocycles. The van der Waals surface area contributed by atoms with Crippen molar-refractivity contribution in [2.24, 2.45) is 0 Å². The van der Waals surface area contributed by atoms with Gasteiger partial charge in [0.05, 0.1) is 48.7 Å². The molecule has 48 heavy (non-hydrogen) atoms. The average Bonchev–Trinajstić information content (AvgIpc) is 3.46. The Morgan fingerprint density at radius 1 is 0.958 bits per heavy atom. The molecule has 1 N–H and O–H groups in total. The van der Waals surface area contributed by atoms with Gasteiger partial charge in [-0.2, -0.15) is 4.98 Å². The Morgan fingerprint density at radius 3 is 2.40 bits per heavy atom. The minimum absolute atomic E-state index is 0.0129. The number of para-hydroxylation sites is 1. The molecule has 2 amide bonds. The van der Waals surface area contributed by atoms with Crippen molar-refractivity contribution in [2.45, 2.75) is 26.0 Å². The number of ether oxygens (including phenoxy) is 2. The zero-order chi connectivity index (χ0) is 34.2. The van der Waals surface area contributed by atoms with Crippen molar-refractivity contribution >= 4 is 57.5 Å². The van der Waals surface area contributed by atoms with Crippen LogP contribution < -0.4 is 19.7 Å². The first-order valence-electron chi connectivity index (χ1n) is 15.6. The number of likely N-dealkylation sites (N-methyl/N-ethyl adjacent to an activating group) is 1. The largest absolute Gasteiger partial charge is 0.486 e. The number of piperazine rings is 1. The molecule has 1 fully saturated rings. The SMILES string of the molecule is CNC(=O)CN1CCN(CC(=O)CCC(=O)N(C)c2ccc(Cl)c(COc3cccc4c3nc(OC)n4Cc3ccccn3)c2Cl)CC1. The smallest absolute Gasteiger partial charge is 0.297 e. The number of anilines is 1. The van der Waals surface area contributed by atoms with Gasteiger partial charge in [-0.25, -0.2) is 0 Å². The number of halogens is 2. The molecule has 2 aromatic heterocycles. The first kappa shape index (κ1) is 35.1. The summed E-state index contributed by atoms with van der Waals surface area (Å²) in [4.78, 5) is 52.1. The predicted molar refractivity (Wildman–Crippen MR) is 185 cm³/mol. The van der Waals surface area contributed by atoms with Crippen molar-refractivity contribution in [1.29, 1.82) is 0 Å². The van der Waals surface area contributed by atoms with E-state index in [1.807, 2.05) is 41.0 Å². The highest BCUT2D eigenvalue weighted by Gasteiger charge is 2.23. The fourth-order valence-corrected chi connectivity index (χ4v) is 6.18. The minimum Gasteiger partial charge on any atom is -0.486 e. The van der Waals surface area contributed by atoms with Crippen molar-refractivity contribution in [2.75, 3.05) is 65.4 Å². The van der Waals surface area contributed by atoms with Gasteiger partial charge in [0.15, 0.2) is 0 Å². The molecule has 0 bridgehead atoms. The lowest BCUT2D eigenvalue weighted by Gasteiger charge is -2.33. The first-order chi connectivity index (χ1) is 23.2. The van der Waals surface area contributed by atoms with Gasteiger partial charge in [0.2, 0.25) is 11.8 Å². The zero-order valence-electron chi connectivity index (χ0n) is 27.2. The van der Waals surface area contributed by atoms with Crippen molar-refractivity contribution in [3.8, 4) is 11.8 Å². The van der Waals surface area contributed by atoms with Crippen molar-refractivity contribution in [3.05, 3.63) is 76.0 Å². The van der Waals surface area contributed by atoms with Gasteiger partial charge in [-0.1, -0.05) is 35.3 Å². The standard InChI is InChI=1S/C34H39Cl2N7O5/c1-37-30(45)21-42-17-15-41(16-18-42)20-24(44)10-13-31(46)40(2)27-12-11-26(35)25(32(27)36)22-48-29-9-6-8-28-33(29)39-34(47-3)43(28)19-23-7-4-5-14-38-23/h4-9,11-12,14H,10,13,15-22H2,1-3H3,(H,37,45). The van der Waals surface area contributed by atoms with E-state index < -0.39 is 0 Å². The van der Waals surface area contributed by atoms with Crippen molar-refractivity contribution in [1.82, 2.24) is 29.7 Å². The molecular weight excluding hydrogens is 657 g/mol. The highest BCUT2D eigenvalue weighted by molar-refractivity contribution is 6.38. The lowest BCUT2D eigenvalue weighted by molar-refractivity contribution is -0.125. The van der Waals surface area contributed by atoms with Crippen LogP contribution in [0.4, 0.5) is 5.69 Å². The van der Waals surface area contributed by atoms with Crippen LogP contribution in [-0.4, -0.2) is 102 Å². The fourth-order valence-electron chi connectivity index (χ4n) is 5.57. The molecule has 5 rings (SSSR count). The monoisotopic (exact) mass is 695 g/mol. The summed E-state index contributed by atoms with van der Waals surface area (Å²) in [5.74, 6) is 0.229. The van der Waals surface area contributed by atoms with E-state index >= 15 is 0 Å². The number of fused-ring (bicyclic) bond motifs is 1. The minimum atomic E-state index is -0.245. The van der Waals surface area contributed by atoms with Crippen LogP contribution >= 0.6 is 23.2 Å². The maximum atomic E-state index is 13.1. The second kappa shape index (κ2) is 16.2. The van der Waals surface area contributed by atoms with Gasteiger partial charge < -0.3 is 19.7 Å². The van der Waals surface area contributed by atoms with Gasteiger partial charge in [-0.05, 0) is 36.4 Å². The summed E-state index contributed by atoms with van der Waals surface area (Å²) in [5.41, 5.74) is 3.25. The summed E-state index contributed by atoms with van der Waals surface area (Å²) in [6.07, 6.45) is 1.90. The van der Waals surface area contributed by atoms with Gasteiger partial charge in [-0.15, -0.1) is 0 Å². The molecule has 1 saturated heterocycles. The Labute approximate surface area is 289 Å². The van der Waals surface area contributed by atoms with Gasteiger partial charge in [0.25, 0.3) is 6.01 Å². The number of carbonyl (C=O) groups excluding carboxylic acids is 3. The van der Waals surface area contributed by atoms with Gasteiger partial charge in [0, 0.05) is 69.9 Å². The van der Waals surface area contributed by atoms with Crippen LogP contribution in [-0.2, 0) is 27.5 Å². The number of methoxy groups -OCH3 is 1. The molecule has 1 aliphatic heterocycles. The number of amides is 2. The van der Waals surface area contributed by atoms with Gasteiger partial charge in [0.1, 0.15) is 23.7 Å². The number of hydrogen-bond acceptors (Lipinski definition) is 9. The highest BCUT2D eigenvalue weighted by Crippen LogP contribution is 2.36. The fraction of sp³-hybridized carbons (Fsp3) is 0.382. The predicted octanol–water partition coefficient (Wildman–Crippen LogP) is 4.05. The number of aromatic nitrogens is 3. The summed E-state index contributed by atoms with van der Waals surface area (Å²) in [6.45, 7) is 3.92. The molecule has 3 heterocycles. The summed E-state index contributed by atoms with van der Waals surface area (Å²) >= 11 is 13.4. The molecule has 0 unspecified atom stereocenters. The Morgan fingerprint density at radius 2 is 1.71 bits per heavy atom. The summed E-state index contributed by atoms with van der Waals surface area (Å²) < 4.78 is 13.7. The second-order valence-electron chi connectivity index (χ2n) is 11.5. The molecule has 4 aromatic rings. The summed E-state index contributed by atoms with van der Waals surface area (Å²) in [5, 5.41) is 3.30. The molecule has 2 aromatic carbocycles. The Balaban J connectivity index is 1.20. The summed E-state index contributed by atoms with van der Waals surface area (Å²) in [6, 6.07) is 15.1. The van der Waals surface area contributed by atoms with E-state index in [9.17, 15) is 14.4 Å². The Hall–Kier alpha value is -4.23. The van der Waals surface area contributed by atoms with Crippen LogP contribution in [0.1, 0.15) is 24.1 Å². The lowest BCUT2D eigenvalue weighted by Crippen LogP contribution is -2.50. The van der Waals surface area contributed by atoms with E-state index in [1.54, 1.807) is 39.5 Å². The van der Waals surface area contributed by atoms with Crippen molar-refractivity contribution in [3.63, 3.8) is 0 Å². The molecule has 254 valence electrons. The zero-order valence-corrected chi connectivity index (χ0v) is 28.8. The molecule has 0 spiro atoms. The normalized spacial score (nSPS) is 13.8. The molecule has 0 aliphatic carbocycles. The van der Waals surface area contributed by atoms with E-state index in [4.69, 9.17) is 32.7 Å². The number of ketones is 1. The highest BCUT2D eigenvalue weighted by atomic mass is 35.5. The average molecular weight is 697 g/mol. The van der Waals surface area contributed by atoms with Crippen LogP contribution in [0.2, 0.25) is 10.0 Å². The third-order valence-corrected chi connectivity index (χ3v) is 9.11. The van der Waals surface area contributed by atoms with Crippen molar-refractivity contribution < 1.29 is 23.9 Å². The molecule has 12 nitrogen and oxygen atoms in total. The second-order valence-corrected chi connectivity index (χ2v) is 12.3. The number of hydrogen-bond donors (Lipinski definition) is 1. The van der Waals surface area contributed by atoms with E-state index in [1.165, 1.54) is 4.90 Å². The number of carbonyl (C=O) groups is 3. The molecule has 0 radical (unpaired) electrons. The third kappa shape index (κ3) is 8.43. The number of imidazole rings is 1. The molecular formula is C34H39Cl2N7O5. The molecule has 1 aliphatic rings. The number of pyridine rings is 1. The van der Waals surface area contributed by atoms with Crippen LogP contribution in [0.15, 0.2) is 54.7 Å². The maximum absolute atomic E-state index is 13.1.